The van der Waals surface area contributed by atoms with Crippen LogP contribution in [-0.2, 0) is 19.1 Å². The van der Waals surface area contributed by atoms with Gasteiger partial charge in [-0.1, -0.05) is 0 Å². The predicted octanol–water partition coefficient (Wildman–Crippen LogP) is 0.461. The molecule has 2 amide bonds. The third kappa shape index (κ3) is 5.09. The zero-order valence-electron chi connectivity index (χ0n) is 12.7. The van der Waals surface area contributed by atoms with E-state index in [2.05, 4.69) is 10.6 Å². The highest BCUT2D eigenvalue weighted by molar-refractivity contribution is 6.04. The smallest absolute Gasteiger partial charge is 0.235 e. The van der Waals surface area contributed by atoms with Crippen LogP contribution in [0.25, 0.3) is 0 Å². The van der Waals surface area contributed by atoms with Crippen LogP contribution in [0.15, 0.2) is 0 Å². The summed E-state index contributed by atoms with van der Waals surface area (Å²) in [5.74, 6) is -0.532. The molecule has 0 radical (unpaired) electrons. The number of amides is 2. The molecule has 116 valence electrons. The van der Waals surface area contributed by atoms with Crippen molar-refractivity contribution in [1.82, 2.24) is 10.6 Å². The number of rotatable bonds is 8. The molecule has 20 heavy (non-hydrogen) atoms. The van der Waals surface area contributed by atoms with Gasteiger partial charge in [0.05, 0.1) is 6.10 Å². The SMILES string of the molecule is COCCCNC(=O)C(C)(C)C(=O)NCC1CCCO1. The lowest BCUT2D eigenvalue weighted by Gasteiger charge is -2.23. The van der Waals surface area contributed by atoms with Crippen molar-refractivity contribution >= 4 is 11.8 Å². The van der Waals surface area contributed by atoms with Crippen LogP contribution < -0.4 is 10.6 Å². The fraction of sp³-hybridized carbons (Fsp3) is 0.857. The predicted molar refractivity (Wildman–Crippen MR) is 75.3 cm³/mol. The summed E-state index contributed by atoms with van der Waals surface area (Å²) in [5.41, 5.74) is -1.08. The van der Waals surface area contributed by atoms with Crippen LogP contribution in [0.3, 0.4) is 0 Å². The zero-order chi connectivity index (χ0) is 15.0. The zero-order valence-corrected chi connectivity index (χ0v) is 12.7. The molecule has 0 saturated carbocycles. The van der Waals surface area contributed by atoms with Gasteiger partial charge in [-0.3, -0.25) is 9.59 Å². The molecule has 0 aromatic rings. The summed E-state index contributed by atoms with van der Waals surface area (Å²) >= 11 is 0. The van der Waals surface area contributed by atoms with Crippen LogP contribution in [0.1, 0.15) is 33.1 Å². The van der Waals surface area contributed by atoms with Gasteiger partial charge in [0.25, 0.3) is 0 Å². The minimum absolute atomic E-state index is 0.0829. The Labute approximate surface area is 120 Å². The second-order valence-electron chi connectivity index (χ2n) is 5.57. The van der Waals surface area contributed by atoms with Crippen LogP contribution in [-0.4, -0.2) is 51.3 Å². The van der Waals surface area contributed by atoms with Crippen LogP contribution in [0.4, 0.5) is 0 Å². The quantitative estimate of drug-likeness (QED) is 0.502. The Morgan fingerprint density at radius 3 is 2.60 bits per heavy atom. The first kappa shape index (κ1) is 16.9. The van der Waals surface area contributed by atoms with Crippen molar-refractivity contribution < 1.29 is 19.1 Å². The van der Waals surface area contributed by atoms with Crippen LogP contribution in [0, 0.1) is 5.41 Å². The lowest BCUT2D eigenvalue weighted by molar-refractivity contribution is -0.141. The van der Waals surface area contributed by atoms with E-state index in [1.807, 2.05) is 0 Å². The molecule has 1 saturated heterocycles. The molecule has 1 unspecified atom stereocenters. The van der Waals surface area contributed by atoms with Gasteiger partial charge in [0.15, 0.2) is 0 Å². The third-order valence-electron chi connectivity index (χ3n) is 3.46. The summed E-state index contributed by atoms with van der Waals surface area (Å²) in [7, 11) is 1.62. The third-order valence-corrected chi connectivity index (χ3v) is 3.46. The highest BCUT2D eigenvalue weighted by Crippen LogP contribution is 2.16. The van der Waals surface area contributed by atoms with Gasteiger partial charge >= 0.3 is 0 Å². The van der Waals surface area contributed by atoms with Gasteiger partial charge in [-0.15, -0.1) is 0 Å². The Morgan fingerprint density at radius 2 is 2.00 bits per heavy atom. The molecule has 1 aliphatic rings. The highest BCUT2D eigenvalue weighted by Gasteiger charge is 2.36. The molecule has 6 heteroatoms. The van der Waals surface area contributed by atoms with Crippen molar-refractivity contribution in [2.75, 3.05) is 33.4 Å². The summed E-state index contributed by atoms with van der Waals surface area (Å²) in [6.45, 7) is 5.58. The maximum absolute atomic E-state index is 12.1. The Hall–Kier alpha value is -1.14. The Balaban J connectivity index is 2.32. The van der Waals surface area contributed by atoms with Gasteiger partial charge in [0.2, 0.25) is 11.8 Å². The lowest BCUT2D eigenvalue weighted by atomic mass is 9.91. The summed E-state index contributed by atoms with van der Waals surface area (Å²) in [6.07, 6.45) is 2.81. The van der Waals surface area contributed by atoms with Crippen molar-refractivity contribution in [3.05, 3.63) is 0 Å². The summed E-state index contributed by atoms with van der Waals surface area (Å²) in [5, 5.41) is 5.55. The number of nitrogens with one attached hydrogen (secondary N) is 2. The van der Waals surface area contributed by atoms with Crippen LogP contribution in [0.5, 0.6) is 0 Å². The number of hydrogen-bond donors (Lipinski definition) is 2. The van der Waals surface area contributed by atoms with Gasteiger partial charge in [-0.05, 0) is 33.1 Å². The second kappa shape index (κ2) is 8.21. The van der Waals surface area contributed by atoms with Gasteiger partial charge in [0, 0.05) is 33.4 Å². The summed E-state index contributed by atoms with van der Waals surface area (Å²) in [4.78, 5) is 24.1. The first-order chi connectivity index (χ1) is 9.48. The molecular weight excluding hydrogens is 260 g/mol. The number of carbonyl (C=O) groups is 2. The molecule has 0 aromatic heterocycles. The van der Waals surface area contributed by atoms with E-state index >= 15 is 0 Å². The molecule has 1 aliphatic heterocycles. The average Bonchev–Trinajstić information content (AvgIpc) is 2.93. The van der Waals surface area contributed by atoms with Crippen molar-refractivity contribution in [3.8, 4) is 0 Å². The number of ether oxygens (including phenoxy) is 2. The van der Waals surface area contributed by atoms with E-state index in [0.29, 0.717) is 19.7 Å². The Kier molecular flexibility index (Phi) is 6.95. The standard InChI is InChI=1S/C14H26N2O4/c1-14(2,12(17)15-7-5-8-19-3)13(18)16-10-11-6-4-9-20-11/h11H,4-10H2,1-3H3,(H,15,17)(H,16,18). The van der Waals surface area contributed by atoms with Crippen molar-refractivity contribution in [1.29, 1.82) is 0 Å². The average molecular weight is 286 g/mol. The molecule has 0 aromatic carbocycles. The number of methoxy groups -OCH3 is 1. The molecule has 0 aliphatic carbocycles. The summed E-state index contributed by atoms with van der Waals surface area (Å²) < 4.78 is 10.3. The number of carbonyl (C=O) groups excluding carboxylic acids is 2. The van der Waals surface area contributed by atoms with Crippen LogP contribution >= 0.6 is 0 Å². The van der Waals surface area contributed by atoms with Gasteiger partial charge < -0.3 is 20.1 Å². The molecular formula is C14H26N2O4. The van der Waals surface area contributed by atoms with Gasteiger partial charge in [-0.25, -0.2) is 0 Å². The maximum Gasteiger partial charge on any atom is 0.235 e. The topological polar surface area (TPSA) is 76.7 Å². The fourth-order valence-electron chi connectivity index (χ4n) is 1.98. The van der Waals surface area contributed by atoms with Crippen molar-refractivity contribution in [2.45, 2.75) is 39.2 Å². The molecule has 0 spiro atoms. The largest absolute Gasteiger partial charge is 0.385 e. The molecule has 1 heterocycles. The monoisotopic (exact) mass is 286 g/mol. The molecule has 0 bridgehead atoms. The molecule has 2 N–H and O–H groups in total. The van der Waals surface area contributed by atoms with Gasteiger partial charge in [0.1, 0.15) is 5.41 Å². The van der Waals surface area contributed by atoms with Crippen molar-refractivity contribution in [2.24, 2.45) is 5.41 Å². The second-order valence-corrected chi connectivity index (χ2v) is 5.57. The maximum atomic E-state index is 12.1. The van der Waals surface area contributed by atoms with E-state index in [1.54, 1.807) is 21.0 Å². The van der Waals surface area contributed by atoms with E-state index in [9.17, 15) is 9.59 Å². The van der Waals surface area contributed by atoms with E-state index in [4.69, 9.17) is 9.47 Å². The fourth-order valence-corrected chi connectivity index (χ4v) is 1.98. The minimum atomic E-state index is -1.08. The molecule has 1 rings (SSSR count). The van der Waals surface area contributed by atoms with E-state index in [1.165, 1.54) is 0 Å². The highest BCUT2D eigenvalue weighted by atomic mass is 16.5. The molecule has 6 nitrogen and oxygen atoms in total. The normalized spacial score (nSPS) is 18.9. The van der Waals surface area contributed by atoms with E-state index in [0.717, 1.165) is 25.9 Å². The van der Waals surface area contributed by atoms with Crippen LogP contribution in [0.2, 0.25) is 0 Å². The first-order valence-corrected chi connectivity index (χ1v) is 7.15. The minimum Gasteiger partial charge on any atom is -0.385 e. The van der Waals surface area contributed by atoms with E-state index < -0.39 is 5.41 Å². The summed E-state index contributed by atoms with van der Waals surface area (Å²) in [6, 6.07) is 0. The Bertz CT molecular complexity index is 325. The lowest BCUT2D eigenvalue weighted by Crippen LogP contribution is -2.49. The van der Waals surface area contributed by atoms with Gasteiger partial charge in [-0.2, -0.15) is 0 Å². The number of hydrogen-bond acceptors (Lipinski definition) is 4. The van der Waals surface area contributed by atoms with Crippen molar-refractivity contribution in [3.63, 3.8) is 0 Å². The Morgan fingerprint density at radius 1 is 1.30 bits per heavy atom. The first-order valence-electron chi connectivity index (χ1n) is 7.15. The molecule has 1 fully saturated rings. The van der Waals surface area contributed by atoms with E-state index in [-0.39, 0.29) is 17.9 Å². The molecule has 1 atom stereocenters.